The van der Waals surface area contributed by atoms with E-state index in [1.165, 1.54) is 0 Å². The highest BCUT2D eigenvalue weighted by molar-refractivity contribution is 5.88. The van der Waals surface area contributed by atoms with E-state index in [9.17, 15) is 9.59 Å². The van der Waals surface area contributed by atoms with Gasteiger partial charge in [-0.05, 0) is 79.2 Å². The summed E-state index contributed by atoms with van der Waals surface area (Å²) in [7, 11) is 1.93. The van der Waals surface area contributed by atoms with Crippen LogP contribution in [0.25, 0.3) is 22.2 Å². The molecule has 0 atom stereocenters. The van der Waals surface area contributed by atoms with Crippen LogP contribution in [-0.4, -0.2) is 59.4 Å². The molecule has 0 aromatic carbocycles. The molecule has 3 aromatic heterocycles. The molecular weight excluding hydrogens is 484 g/mol. The van der Waals surface area contributed by atoms with E-state index in [1.54, 1.807) is 41.5 Å². The highest BCUT2D eigenvalue weighted by Gasteiger charge is 2.39. The molecule has 2 amide bonds. The number of carbonyl (C=O) groups excluding carboxylic acids is 2. The van der Waals surface area contributed by atoms with Gasteiger partial charge in [0.2, 0.25) is 0 Å². The molecule has 2 fully saturated rings. The van der Waals surface area contributed by atoms with Crippen molar-refractivity contribution in [1.82, 2.24) is 29.4 Å². The van der Waals surface area contributed by atoms with Gasteiger partial charge in [0.05, 0.1) is 29.1 Å². The van der Waals surface area contributed by atoms with Crippen molar-refractivity contribution < 1.29 is 19.1 Å². The van der Waals surface area contributed by atoms with E-state index in [0.29, 0.717) is 5.92 Å². The first-order chi connectivity index (χ1) is 17.8. The SMILES string of the molecule is Cn1ncc2cnc(-c3cn(C4CC(CN(C(=O)OC(C)(C)C)C(=O)OC(C)(C)C)C4)nc3C3CC3)cc21. The van der Waals surface area contributed by atoms with Crippen LogP contribution in [-0.2, 0) is 16.5 Å². The van der Waals surface area contributed by atoms with Crippen molar-refractivity contribution in [2.45, 2.75) is 90.4 Å². The fourth-order valence-electron chi connectivity index (χ4n) is 4.82. The number of aryl methyl sites for hydroxylation is 1. The molecule has 0 unspecified atom stereocenters. The average Bonchev–Trinajstić information content (AvgIpc) is 3.42. The Bertz CT molecular complexity index is 1320. The third kappa shape index (κ3) is 5.68. The second-order valence-electron chi connectivity index (χ2n) is 12.6. The topological polar surface area (TPSA) is 104 Å². The number of hydrogen-bond acceptors (Lipinski definition) is 7. The first-order valence-corrected chi connectivity index (χ1v) is 13.4. The quantitative estimate of drug-likeness (QED) is 0.415. The number of nitrogens with zero attached hydrogens (tertiary/aromatic N) is 6. The molecule has 10 heteroatoms. The van der Waals surface area contributed by atoms with Crippen LogP contribution in [0.5, 0.6) is 0 Å². The molecule has 0 saturated heterocycles. The molecule has 204 valence electrons. The zero-order chi connectivity index (χ0) is 27.4. The van der Waals surface area contributed by atoms with Crippen LogP contribution in [0.2, 0.25) is 0 Å². The summed E-state index contributed by atoms with van der Waals surface area (Å²) in [6.07, 6.45) is 8.35. The minimum absolute atomic E-state index is 0.140. The number of imide groups is 1. The van der Waals surface area contributed by atoms with Crippen LogP contribution in [0.4, 0.5) is 9.59 Å². The number of pyridine rings is 1. The Hall–Kier alpha value is -3.43. The minimum Gasteiger partial charge on any atom is -0.443 e. The molecule has 0 radical (unpaired) electrons. The Morgan fingerprint density at radius 2 is 1.66 bits per heavy atom. The number of rotatable bonds is 5. The molecule has 0 aliphatic heterocycles. The van der Waals surface area contributed by atoms with Gasteiger partial charge in [0.15, 0.2) is 0 Å². The standard InChI is InChI=1S/C28H38N6O4/c1-27(2,3)37-25(35)33(26(36)38-28(4,5)6)15-17-10-20(11-17)34-16-21(24(31-34)18-8-9-18)22-12-23-19(13-29-22)14-30-32(23)7/h12-14,16-18,20H,8-11,15H2,1-7H3. The predicted octanol–water partition coefficient (Wildman–Crippen LogP) is 5.83. The Balaban J connectivity index is 1.31. The molecule has 0 bridgehead atoms. The maximum Gasteiger partial charge on any atom is 0.419 e. The molecule has 5 rings (SSSR count). The maximum absolute atomic E-state index is 12.9. The molecule has 10 nitrogen and oxygen atoms in total. The number of ether oxygens (including phenoxy) is 2. The smallest absolute Gasteiger partial charge is 0.419 e. The van der Waals surface area contributed by atoms with Gasteiger partial charge in [0, 0.05) is 42.9 Å². The average molecular weight is 523 g/mol. The third-order valence-electron chi connectivity index (χ3n) is 6.88. The van der Waals surface area contributed by atoms with E-state index in [2.05, 4.69) is 22.0 Å². The van der Waals surface area contributed by atoms with Crippen LogP contribution < -0.4 is 0 Å². The Morgan fingerprint density at radius 1 is 1.03 bits per heavy atom. The van der Waals surface area contributed by atoms with Gasteiger partial charge in [-0.25, -0.2) is 14.5 Å². The summed E-state index contributed by atoms with van der Waals surface area (Å²) >= 11 is 0. The minimum atomic E-state index is -0.712. The molecule has 2 aliphatic rings. The second kappa shape index (κ2) is 9.39. The zero-order valence-electron chi connectivity index (χ0n) is 23.4. The fraction of sp³-hybridized carbons (Fsp3) is 0.607. The number of aromatic nitrogens is 5. The summed E-state index contributed by atoms with van der Waals surface area (Å²) in [6, 6.07) is 2.28. The van der Waals surface area contributed by atoms with Crippen LogP contribution in [0, 0.1) is 5.92 Å². The molecule has 2 saturated carbocycles. The van der Waals surface area contributed by atoms with E-state index in [-0.39, 0.29) is 18.5 Å². The normalized spacial score (nSPS) is 19.8. The van der Waals surface area contributed by atoms with Crippen LogP contribution in [0.1, 0.15) is 84.9 Å². The van der Waals surface area contributed by atoms with E-state index in [0.717, 1.165) is 58.4 Å². The molecule has 3 heterocycles. The Kier molecular flexibility index (Phi) is 6.47. The second-order valence-corrected chi connectivity index (χ2v) is 12.6. The van der Waals surface area contributed by atoms with Crippen LogP contribution in [0.15, 0.2) is 24.7 Å². The molecular formula is C28H38N6O4. The molecule has 3 aromatic rings. The monoisotopic (exact) mass is 522 g/mol. The largest absolute Gasteiger partial charge is 0.443 e. The van der Waals surface area contributed by atoms with Gasteiger partial charge >= 0.3 is 12.2 Å². The van der Waals surface area contributed by atoms with E-state index < -0.39 is 23.4 Å². The lowest BCUT2D eigenvalue weighted by Gasteiger charge is -2.38. The lowest BCUT2D eigenvalue weighted by atomic mass is 9.80. The summed E-state index contributed by atoms with van der Waals surface area (Å²) in [4.78, 5) is 31.6. The lowest BCUT2D eigenvalue weighted by Crippen LogP contribution is -2.47. The van der Waals surface area contributed by atoms with Gasteiger partial charge in [-0.1, -0.05) is 0 Å². The van der Waals surface area contributed by atoms with Crippen molar-refractivity contribution in [3.8, 4) is 11.3 Å². The van der Waals surface area contributed by atoms with Gasteiger partial charge in [0.25, 0.3) is 0 Å². The molecule has 2 aliphatic carbocycles. The van der Waals surface area contributed by atoms with Gasteiger partial charge < -0.3 is 9.47 Å². The fourth-order valence-corrected chi connectivity index (χ4v) is 4.82. The number of hydrogen-bond donors (Lipinski definition) is 0. The number of carbonyl (C=O) groups is 2. The van der Waals surface area contributed by atoms with Crippen molar-refractivity contribution in [1.29, 1.82) is 0 Å². The van der Waals surface area contributed by atoms with Crippen LogP contribution >= 0.6 is 0 Å². The van der Waals surface area contributed by atoms with Gasteiger partial charge in [-0.3, -0.25) is 14.3 Å². The van der Waals surface area contributed by atoms with Gasteiger partial charge in [-0.15, -0.1) is 0 Å². The van der Waals surface area contributed by atoms with Crippen LogP contribution in [0.3, 0.4) is 0 Å². The van der Waals surface area contributed by atoms with Crippen molar-refractivity contribution >= 4 is 23.1 Å². The summed E-state index contributed by atoms with van der Waals surface area (Å²) in [5.74, 6) is 0.613. The Morgan fingerprint density at radius 3 is 2.24 bits per heavy atom. The zero-order valence-corrected chi connectivity index (χ0v) is 23.4. The Labute approximate surface area is 223 Å². The first kappa shape index (κ1) is 26.2. The predicted molar refractivity (Wildman–Crippen MR) is 143 cm³/mol. The van der Waals surface area contributed by atoms with Gasteiger partial charge in [0.1, 0.15) is 11.2 Å². The van der Waals surface area contributed by atoms with E-state index >= 15 is 0 Å². The van der Waals surface area contributed by atoms with E-state index in [4.69, 9.17) is 19.6 Å². The summed E-state index contributed by atoms with van der Waals surface area (Å²) in [5.41, 5.74) is 2.70. The third-order valence-corrected chi connectivity index (χ3v) is 6.88. The van der Waals surface area contributed by atoms with Crippen molar-refractivity contribution in [3.63, 3.8) is 0 Å². The van der Waals surface area contributed by atoms with E-state index in [1.807, 2.05) is 24.1 Å². The number of amides is 2. The molecule has 0 spiro atoms. The number of fused-ring (bicyclic) bond motifs is 1. The van der Waals surface area contributed by atoms with Crippen molar-refractivity contribution in [3.05, 3.63) is 30.4 Å². The summed E-state index contributed by atoms with van der Waals surface area (Å²) in [6.45, 7) is 11.0. The molecule has 0 N–H and O–H groups in total. The van der Waals surface area contributed by atoms with Crippen molar-refractivity contribution in [2.24, 2.45) is 13.0 Å². The molecule has 38 heavy (non-hydrogen) atoms. The first-order valence-electron chi connectivity index (χ1n) is 13.4. The summed E-state index contributed by atoms with van der Waals surface area (Å²) in [5, 5.41) is 10.3. The maximum atomic E-state index is 12.9. The highest BCUT2D eigenvalue weighted by Crippen LogP contribution is 2.46. The van der Waals surface area contributed by atoms with Gasteiger partial charge in [-0.2, -0.15) is 10.2 Å². The lowest BCUT2D eigenvalue weighted by molar-refractivity contribution is -0.00641. The summed E-state index contributed by atoms with van der Waals surface area (Å²) < 4.78 is 14.9. The van der Waals surface area contributed by atoms with Crippen molar-refractivity contribution in [2.75, 3.05) is 6.54 Å². The highest BCUT2D eigenvalue weighted by atomic mass is 16.6.